The average Bonchev–Trinajstić information content (AvgIpc) is 2.83. The van der Waals surface area contributed by atoms with Crippen LogP contribution in [0, 0.1) is 0 Å². The molecule has 1 aliphatic heterocycles. The Bertz CT molecular complexity index is 352. The van der Waals surface area contributed by atoms with Gasteiger partial charge in [0.15, 0.2) is 0 Å². The van der Waals surface area contributed by atoms with Gasteiger partial charge in [-0.2, -0.15) is 5.10 Å². The molecule has 1 saturated heterocycles. The predicted octanol–water partition coefficient (Wildman–Crippen LogP) is -1.28. The van der Waals surface area contributed by atoms with E-state index in [0.717, 1.165) is 6.54 Å². The van der Waals surface area contributed by atoms with Crippen LogP contribution in [-0.2, 0) is 16.1 Å². The van der Waals surface area contributed by atoms with Gasteiger partial charge in [0.05, 0.1) is 12.7 Å². The van der Waals surface area contributed by atoms with Gasteiger partial charge in [-0.25, -0.2) is 9.67 Å². The van der Waals surface area contributed by atoms with Crippen LogP contribution in [0.2, 0.25) is 0 Å². The lowest BCUT2D eigenvalue weighted by atomic mass is 10.2. The first-order valence-electron chi connectivity index (χ1n) is 5.66. The van der Waals surface area contributed by atoms with E-state index in [9.17, 15) is 4.79 Å². The summed E-state index contributed by atoms with van der Waals surface area (Å²) in [7, 11) is 1.87. The molecule has 0 saturated carbocycles. The number of carbonyl (C=O) groups is 1. The van der Waals surface area contributed by atoms with Gasteiger partial charge in [0.1, 0.15) is 19.2 Å². The van der Waals surface area contributed by atoms with Crippen LogP contribution in [0.3, 0.4) is 0 Å². The van der Waals surface area contributed by atoms with Gasteiger partial charge in [-0.05, 0) is 7.05 Å². The van der Waals surface area contributed by atoms with Crippen LogP contribution in [0.25, 0.3) is 0 Å². The van der Waals surface area contributed by atoms with Crippen molar-refractivity contribution < 1.29 is 9.53 Å². The Balaban J connectivity index is 1.86. The van der Waals surface area contributed by atoms with Crippen molar-refractivity contribution in [1.82, 2.24) is 25.0 Å². The number of likely N-dealkylation sites (N-methyl/N-ethyl adjacent to an activating group) is 1. The number of ether oxygens (including phenoxy) is 1. The second kappa shape index (κ2) is 5.74. The third kappa shape index (κ3) is 3.24. The van der Waals surface area contributed by atoms with Crippen LogP contribution in [0.4, 0.5) is 0 Å². The Kier molecular flexibility index (Phi) is 4.05. The number of aromatic nitrogens is 3. The fourth-order valence-electron chi connectivity index (χ4n) is 1.85. The standard InChI is InChI=1S/C10H17N5O2/c1-11-4-9-5-14(2-3-17-9)10(16)6-15-8-12-7-13-15/h7-9,11H,2-6H2,1H3. The molecule has 0 bridgehead atoms. The van der Waals surface area contributed by atoms with Crippen LogP contribution in [0.1, 0.15) is 0 Å². The first-order chi connectivity index (χ1) is 8.29. The molecule has 0 aromatic carbocycles. The summed E-state index contributed by atoms with van der Waals surface area (Å²) in [6.45, 7) is 2.87. The molecule has 2 heterocycles. The van der Waals surface area contributed by atoms with Gasteiger partial charge in [-0.1, -0.05) is 0 Å². The lowest BCUT2D eigenvalue weighted by Crippen LogP contribution is -2.49. The molecular formula is C10H17N5O2. The minimum atomic E-state index is 0.0555. The fourth-order valence-corrected chi connectivity index (χ4v) is 1.85. The van der Waals surface area contributed by atoms with Gasteiger partial charge in [-0.15, -0.1) is 0 Å². The highest BCUT2D eigenvalue weighted by Crippen LogP contribution is 2.05. The lowest BCUT2D eigenvalue weighted by molar-refractivity contribution is -0.139. The maximum absolute atomic E-state index is 12.0. The van der Waals surface area contributed by atoms with Crippen LogP contribution >= 0.6 is 0 Å². The smallest absolute Gasteiger partial charge is 0.244 e. The number of rotatable bonds is 4. The maximum atomic E-state index is 12.0. The van der Waals surface area contributed by atoms with Gasteiger partial charge in [0.2, 0.25) is 5.91 Å². The van der Waals surface area contributed by atoms with E-state index in [1.54, 1.807) is 6.33 Å². The van der Waals surface area contributed by atoms with Crippen molar-refractivity contribution in [2.75, 3.05) is 33.3 Å². The number of amides is 1. The van der Waals surface area contributed by atoms with Crippen molar-refractivity contribution in [2.24, 2.45) is 0 Å². The Morgan fingerprint density at radius 3 is 3.24 bits per heavy atom. The van der Waals surface area contributed by atoms with E-state index >= 15 is 0 Å². The predicted molar refractivity (Wildman–Crippen MR) is 60.3 cm³/mol. The van der Waals surface area contributed by atoms with E-state index in [1.807, 2.05) is 11.9 Å². The van der Waals surface area contributed by atoms with Gasteiger partial charge >= 0.3 is 0 Å². The summed E-state index contributed by atoms with van der Waals surface area (Å²) in [4.78, 5) is 17.6. The van der Waals surface area contributed by atoms with Crippen LogP contribution in [0.5, 0.6) is 0 Å². The van der Waals surface area contributed by atoms with E-state index < -0.39 is 0 Å². The zero-order chi connectivity index (χ0) is 12.1. The Labute approximate surface area is 99.8 Å². The molecule has 7 heteroatoms. The number of hydrogen-bond donors (Lipinski definition) is 1. The van der Waals surface area contributed by atoms with Crippen molar-refractivity contribution in [3.8, 4) is 0 Å². The molecule has 94 valence electrons. The summed E-state index contributed by atoms with van der Waals surface area (Å²) in [5.41, 5.74) is 0. The van der Waals surface area contributed by atoms with Crippen molar-refractivity contribution in [1.29, 1.82) is 0 Å². The van der Waals surface area contributed by atoms with Gasteiger partial charge in [-0.3, -0.25) is 4.79 Å². The molecule has 1 aliphatic rings. The van der Waals surface area contributed by atoms with Gasteiger partial charge in [0.25, 0.3) is 0 Å². The van der Waals surface area contributed by atoms with Crippen molar-refractivity contribution in [3.63, 3.8) is 0 Å². The van der Waals surface area contributed by atoms with Gasteiger partial charge in [0, 0.05) is 19.6 Å². The molecule has 1 atom stereocenters. The first-order valence-corrected chi connectivity index (χ1v) is 5.66. The molecule has 1 amide bonds. The normalized spacial score (nSPS) is 20.5. The SMILES string of the molecule is CNCC1CN(C(=O)Cn2cncn2)CCO1. The topological polar surface area (TPSA) is 72.3 Å². The van der Waals surface area contributed by atoms with Gasteiger partial charge < -0.3 is 15.0 Å². The zero-order valence-corrected chi connectivity index (χ0v) is 9.87. The number of hydrogen-bond acceptors (Lipinski definition) is 5. The second-order valence-corrected chi connectivity index (χ2v) is 3.98. The zero-order valence-electron chi connectivity index (χ0n) is 9.87. The highest BCUT2D eigenvalue weighted by molar-refractivity contribution is 5.76. The summed E-state index contributed by atoms with van der Waals surface area (Å²) in [5.74, 6) is 0.0555. The molecule has 1 aromatic rings. The maximum Gasteiger partial charge on any atom is 0.244 e. The van der Waals surface area contributed by atoms with Crippen LogP contribution in [0.15, 0.2) is 12.7 Å². The molecule has 7 nitrogen and oxygen atoms in total. The molecule has 1 aromatic heterocycles. The van der Waals surface area contributed by atoms with Crippen molar-refractivity contribution in [2.45, 2.75) is 12.6 Å². The van der Waals surface area contributed by atoms with Crippen molar-refractivity contribution >= 4 is 5.91 Å². The number of nitrogens with one attached hydrogen (secondary N) is 1. The monoisotopic (exact) mass is 239 g/mol. The van der Waals surface area contributed by atoms with E-state index in [1.165, 1.54) is 11.0 Å². The van der Waals surface area contributed by atoms with E-state index in [0.29, 0.717) is 19.7 Å². The third-order valence-electron chi connectivity index (χ3n) is 2.69. The molecular weight excluding hydrogens is 222 g/mol. The Hall–Kier alpha value is -1.47. The van der Waals surface area contributed by atoms with E-state index in [4.69, 9.17) is 4.74 Å². The summed E-state index contributed by atoms with van der Waals surface area (Å²) < 4.78 is 7.08. The minimum Gasteiger partial charge on any atom is -0.373 e. The molecule has 17 heavy (non-hydrogen) atoms. The molecule has 0 spiro atoms. The summed E-state index contributed by atoms with van der Waals surface area (Å²) in [6.07, 6.45) is 3.05. The minimum absolute atomic E-state index is 0.0555. The third-order valence-corrected chi connectivity index (χ3v) is 2.69. The van der Waals surface area contributed by atoms with E-state index in [2.05, 4.69) is 15.4 Å². The number of nitrogens with zero attached hydrogens (tertiary/aromatic N) is 4. The average molecular weight is 239 g/mol. The quantitative estimate of drug-likeness (QED) is 0.709. The Morgan fingerprint density at radius 1 is 1.65 bits per heavy atom. The molecule has 0 radical (unpaired) electrons. The van der Waals surface area contributed by atoms with Crippen LogP contribution < -0.4 is 5.32 Å². The number of morpholine rings is 1. The molecule has 0 aliphatic carbocycles. The number of carbonyl (C=O) groups excluding carboxylic acids is 1. The molecule has 1 N–H and O–H groups in total. The highest BCUT2D eigenvalue weighted by atomic mass is 16.5. The second-order valence-electron chi connectivity index (χ2n) is 3.98. The molecule has 1 fully saturated rings. The molecule has 1 unspecified atom stereocenters. The summed E-state index contributed by atoms with van der Waals surface area (Å²) in [5, 5.41) is 6.97. The van der Waals surface area contributed by atoms with E-state index in [-0.39, 0.29) is 18.6 Å². The largest absolute Gasteiger partial charge is 0.373 e. The first kappa shape index (κ1) is 12.0. The fraction of sp³-hybridized carbons (Fsp3) is 0.700. The Morgan fingerprint density at radius 2 is 2.53 bits per heavy atom. The summed E-state index contributed by atoms with van der Waals surface area (Å²) in [6, 6.07) is 0. The highest BCUT2D eigenvalue weighted by Gasteiger charge is 2.23. The lowest BCUT2D eigenvalue weighted by Gasteiger charge is -2.32. The molecule has 2 rings (SSSR count). The van der Waals surface area contributed by atoms with Crippen LogP contribution in [-0.4, -0.2) is 65.0 Å². The summed E-state index contributed by atoms with van der Waals surface area (Å²) >= 11 is 0. The van der Waals surface area contributed by atoms with Crippen molar-refractivity contribution in [3.05, 3.63) is 12.7 Å².